The molecule has 0 radical (unpaired) electrons. The Morgan fingerprint density at radius 3 is 2.42 bits per heavy atom. The van der Waals surface area contributed by atoms with Crippen molar-refractivity contribution in [3.8, 4) is 0 Å². The minimum absolute atomic E-state index is 0.980. The largest absolute Gasteiger partial charge is 0.334 e. The van der Waals surface area contributed by atoms with Gasteiger partial charge in [0, 0.05) is 19.8 Å². The van der Waals surface area contributed by atoms with Gasteiger partial charge < -0.3 is 4.57 Å². The maximum atomic E-state index is 4.10. The maximum absolute atomic E-state index is 4.10. The summed E-state index contributed by atoms with van der Waals surface area (Å²) >= 11 is 0. The summed E-state index contributed by atoms with van der Waals surface area (Å²) in [6, 6.07) is 6.01. The molecule has 0 aliphatic rings. The minimum Gasteiger partial charge on any atom is -0.334 e. The van der Waals surface area contributed by atoms with Crippen LogP contribution in [0.3, 0.4) is 0 Å². The first kappa shape index (κ1) is 11.0. The minimum atomic E-state index is 0.980. The van der Waals surface area contributed by atoms with E-state index in [4.69, 9.17) is 0 Å². The second-order valence-electron chi connectivity index (χ2n) is 2.07. The highest BCUT2D eigenvalue weighted by atomic mass is 15.0. The zero-order valence-electron chi connectivity index (χ0n) is 8.41. The van der Waals surface area contributed by atoms with Crippen LogP contribution >= 0.6 is 0 Å². The molecular weight excluding hydrogens is 148 g/mol. The Balaban J connectivity index is 0.000000561. The van der Waals surface area contributed by atoms with Gasteiger partial charge >= 0.3 is 0 Å². The third-order valence-corrected chi connectivity index (χ3v) is 1.49. The predicted octanol–water partition coefficient (Wildman–Crippen LogP) is 2.06. The van der Waals surface area contributed by atoms with E-state index >= 15 is 0 Å². The van der Waals surface area contributed by atoms with Crippen molar-refractivity contribution in [2.75, 3.05) is 7.05 Å². The summed E-state index contributed by atoms with van der Waals surface area (Å²) < 4.78 is 2.10. The molecule has 12 heavy (non-hydrogen) atoms. The van der Waals surface area contributed by atoms with Crippen LogP contribution in [0.1, 0.15) is 20.8 Å². The molecule has 0 aliphatic heterocycles. The average Bonchev–Trinajstić information content (AvgIpc) is 2.20. The molecule has 0 amide bonds. The van der Waals surface area contributed by atoms with Crippen LogP contribution in [-0.4, -0.2) is 11.6 Å². The fourth-order valence-corrected chi connectivity index (χ4v) is 0.938. The maximum Gasteiger partial charge on any atom is 0.127 e. The highest BCUT2D eigenvalue weighted by Gasteiger charge is 1.83. The lowest BCUT2D eigenvalue weighted by Gasteiger charge is -2.00. The van der Waals surface area contributed by atoms with Gasteiger partial charge in [-0.3, -0.25) is 4.99 Å². The van der Waals surface area contributed by atoms with Gasteiger partial charge in [-0.1, -0.05) is 19.9 Å². The van der Waals surface area contributed by atoms with Crippen molar-refractivity contribution in [3.05, 3.63) is 29.9 Å². The summed E-state index contributed by atoms with van der Waals surface area (Å²) in [7, 11) is 1.81. The zero-order chi connectivity index (χ0) is 9.40. The molecule has 0 atom stereocenters. The standard InChI is InChI=1S/C8H12N2.C2H6/c1-3-10-7-5-4-6-8(10)9-2;1-2/h4-7H,3H2,1-2H3;1-2H3. The molecule has 68 valence electrons. The molecule has 0 bridgehead atoms. The molecule has 0 saturated heterocycles. The molecule has 0 aliphatic carbocycles. The lowest BCUT2D eigenvalue weighted by Crippen LogP contribution is -2.17. The molecule has 1 aromatic heterocycles. The first-order chi connectivity index (χ1) is 5.88. The fraction of sp³-hybridized carbons (Fsp3) is 0.500. The van der Waals surface area contributed by atoms with Gasteiger partial charge in [0.1, 0.15) is 5.49 Å². The summed E-state index contributed by atoms with van der Waals surface area (Å²) in [6.45, 7) is 7.09. The van der Waals surface area contributed by atoms with E-state index in [9.17, 15) is 0 Å². The average molecular weight is 166 g/mol. The zero-order valence-corrected chi connectivity index (χ0v) is 8.41. The van der Waals surface area contributed by atoms with Gasteiger partial charge in [0.25, 0.3) is 0 Å². The monoisotopic (exact) mass is 166 g/mol. The van der Waals surface area contributed by atoms with E-state index in [-0.39, 0.29) is 0 Å². The molecule has 0 unspecified atom stereocenters. The van der Waals surface area contributed by atoms with Crippen LogP contribution in [0.4, 0.5) is 0 Å². The van der Waals surface area contributed by atoms with Crippen molar-refractivity contribution >= 4 is 0 Å². The lowest BCUT2D eigenvalue weighted by atomic mass is 10.4. The lowest BCUT2D eigenvalue weighted by molar-refractivity contribution is 0.709. The predicted molar refractivity (Wildman–Crippen MR) is 52.9 cm³/mol. The van der Waals surface area contributed by atoms with Crippen LogP contribution in [0.25, 0.3) is 0 Å². The number of nitrogens with zero attached hydrogens (tertiary/aromatic N) is 2. The van der Waals surface area contributed by atoms with Gasteiger partial charge in [0.15, 0.2) is 0 Å². The second kappa shape index (κ2) is 6.65. The first-order valence-electron chi connectivity index (χ1n) is 4.46. The van der Waals surface area contributed by atoms with Crippen LogP contribution in [0.5, 0.6) is 0 Å². The van der Waals surface area contributed by atoms with Crippen LogP contribution in [0.15, 0.2) is 29.4 Å². The van der Waals surface area contributed by atoms with Crippen LogP contribution in [0, 0.1) is 0 Å². The number of aromatic nitrogens is 1. The fourth-order valence-electron chi connectivity index (χ4n) is 0.938. The Hall–Kier alpha value is -1.05. The van der Waals surface area contributed by atoms with Crippen LogP contribution in [-0.2, 0) is 6.54 Å². The molecule has 2 heteroatoms. The molecule has 0 saturated carbocycles. The van der Waals surface area contributed by atoms with Gasteiger partial charge in [0.2, 0.25) is 0 Å². The van der Waals surface area contributed by atoms with Crippen molar-refractivity contribution in [3.63, 3.8) is 0 Å². The Kier molecular flexibility index (Phi) is 6.07. The highest BCUT2D eigenvalue weighted by molar-refractivity contribution is 4.92. The van der Waals surface area contributed by atoms with Crippen molar-refractivity contribution in [1.29, 1.82) is 0 Å². The molecule has 0 fully saturated rings. The van der Waals surface area contributed by atoms with E-state index < -0.39 is 0 Å². The van der Waals surface area contributed by atoms with E-state index in [0.29, 0.717) is 0 Å². The van der Waals surface area contributed by atoms with E-state index in [2.05, 4.69) is 16.5 Å². The highest BCUT2D eigenvalue weighted by Crippen LogP contribution is 1.79. The number of hydrogen-bond acceptors (Lipinski definition) is 1. The van der Waals surface area contributed by atoms with E-state index in [1.54, 1.807) is 0 Å². The first-order valence-corrected chi connectivity index (χ1v) is 4.46. The third-order valence-electron chi connectivity index (χ3n) is 1.49. The summed E-state index contributed by atoms with van der Waals surface area (Å²) in [4.78, 5) is 4.10. The number of aryl methyl sites for hydroxylation is 1. The van der Waals surface area contributed by atoms with Gasteiger partial charge in [0.05, 0.1) is 0 Å². The molecule has 1 rings (SSSR count). The van der Waals surface area contributed by atoms with Crippen LogP contribution < -0.4 is 5.49 Å². The Labute approximate surface area is 74.6 Å². The van der Waals surface area contributed by atoms with E-state index in [1.807, 2.05) is 45.3 Å². The Morgan fingerprint density at radius 1 is 1.33 bits per heavy atom. The molecular formula is C10H18N2. The molecule has 0 aromatic carbocycles. The van der Waals surface area contributed by atoms with Crippen molar-refractivity contribution in [2.45, 2.75) is 27.3 Å². The summed E-state index contributed by atoms with van der Waals surface area (Å²) in [5.41, 5.74) is 1.03. The number of hydrogen-bond donors (Lipinski definition) is 0. The quantitative estimate of drug-likeness (QED) is 0.607. The second-order valence-corrected chi connectivity index (χ2v) is 2.07. The third kappa shape index (κ3) is 2.91. The topological polar surface area (TPSA) is 17.3 Å². The molecule has 0 spiro atoms. The van der Waals surface area contributed by atoms with E-state index in [0.717, 1.165) is 12.0 Å². The summed E-state index contributed by atoms with van der Waals surface area (Å²) in [6.07, 6.45) is 2.03. The Bertz CT molecular complexity index is 261. The normalized spacial score (nSPS) is 10.5. The van der Waals surface area contributed by atoms with Gasteiger partial charge in [-0.25, -0.2) is 0 Å². The number of rotatable bonds is 1. The SMILES string of the molecule is CC.CCn1ccccc1=NC. The summed E-state index contributed by atoms with van der Waals surface area (Å²) in [5.74, 6) is 0. The van der Waals surface area contributed by atoms with Gasteiger partial charge in [-0.15, -0.1) is 0 Å². The van der Waals surface area contributed by atoms with Crippen molar-refractivity contribution in [2.24, 2.45) is 4.99 Å². The van der Waals surface area contributed by atoms with Gasteiger partial charge in [-0.05, 0) is 19.1 Å². The molecule has 1 heterocycles. The van der Waals surface area contributed by atoms with Gasteiger partial charge in [-0.2, -0.15) is 0 Å². The van der Waals surface area contributed by atoms with E-state index in [1.165, 1.54) is 0 Å². The number of pyridine rings is 1. The molecule has 2 nitrogen and oxygen atoms in total. The molecule has 0 N–H and O–H groups in total. The smallest absolute Gasteiger partial charge is 0.127 e. The van der Waals surface area contributed by atoms with Crippen molar-refractivity contribution in [1.82, 2.24) is 4.57 Å². The molecule has 1 aromatic rings. The van der Waals surface area contributed by atoms with Crippen molar-refractivity contribution < 1.29 is 0 Å². The Morgan fingerprint density at radius 2 is 2.00 bits per heavy atom. The van der Waals surface area contributed by atoms with Crippen LogP contribution in [0.2, 0.25) is 0 Å². The summed E-state index contributed by atoms with van der Waals surface area (Å²) in [5, 5.41) is 0.